The molecule has 0 atom stereocenters. The van der Waals surface area contributed by atoms with Gasteiger partial charge >= 0.3 is 5.66 Å². The third-order valence-electron chi connectivity index (χ3n) is 1.25. The summed E-state index contributed by atoms with van der Waals surface area (Å²) in [5, 5.41) is 28.1. The van der Waals surface area contributed by atoms with E-state index in [-0.39, 0.29) is 9.72 Å². The molecule has 0 aliphatic heterocycles. The molecule has 8 heteroatoms. The molecule has 13 heavy (non-hydrogen) atoms. The Morgan fingerprint density at radius 3 is 1.54 bits per heavy atom. The molecule has 0 N–H and O–H groups in total. The van der Waals surface area contributed by atoms with E-state index in [4.69, 9.17) is 0 Å². The SMILES string of the molecule is CON=[N+]([O-])C(C)(C)[N+]([O-])=NOC. The van der Waals surface area contributed by atoms with E-state index >= 15 is 0 Å². The first-order valence-corrected chi connectivity index (χ1v) is 3.39. The molecule has 0 unspecified atom stereocenters. The molecule has 0 aromatic carbocycles. The van der Waals surface area contributed by atoms with Crippen LogP contribution in [-0.4, -0.2) is 29.6 Å². The Morgan fingerprint density at radius 2 is 1.31 bits per heavy atom. The average molecular weight is 192 g/mol. The highest BCUT2D eigenvalue weighted by Gasteiger charge is 2.41. The minimum Gasteiger partial charge on any atom is -0.592 e. The predicted octanol–water partition coefficient (Wildman–Crippen LogP) is 0.770. The van der Waals surface area contributed by atoms with Gasteiger partial charge in [-0.3, -0.25) is 0 Å². The van der Waals surface area contributed by atoms with Crippen LogP contribution in [0.3, 0.4) is 0 Å². The first-order valence-electron chi connectivity index (χ1n) is 3.39. The molecule has 0 aromatic heterocycles. The zero-order chi connectivity index (χ0) is 10.5. The fourth-order valence-electron chi connectivity index (χ4n) is 0.421. The number of hydroxylamine groups is 2. The van der Waals surface area contributed by atoms with Crippen LogP contribution in [0.5, 0.6) is 0 Å². The average Bonchev–Trinajstić information content (AvgIpc) is 2.05. The molecule has 8 nitrogen and oxygen atoms in total. The first kappa shape index (κ1) is 11.4. The summed E-state index contributed by atoms with van der Waals surface area (Å²) in [7, 11) is 2.40. The monoisotopic (exact) mass is 192 g/mol. The van der Waals surface area contributed by atoms with Gasteiger partial charge in [-0.1, -0.05) is 0 Å². The van der Waals surface area contributed by atoms with Gasteiger partial charge in [-0.25, -0.2) is 0 Å². The third-order valence-corrected chi connectivity index (χ3v) is 1.25. The Bertz CT molecular complexity index is 203. The summed E-state index contributed by atoms with van der Waals surface area (Å²) in [5.41, 5.74) is -1.51. The second-order valence-electron chi connectivity index (χ2n) is 2.57. The van der Waals surface area contributed by atoms with Crippen molar-refractivity contribution in [1.29, 1.82) is 0 Å². The van der Waals surface area contributed by atoms with E-state index in [1.807, 2.05) is 0 Å². The van der Waals surface area contributed by atoms with Crippen LogP contribution in [0, 0.1) is 10.4 Å². The Labute approximate surface area is 75.1 Å². The highest BCUT2D eigenvalue weighted by molar-refractivity contribution is 4.45. The molecule has 0 fully saturated rings. The molecule has 76 valence electrons. The minimum absolute atomic E-state index is 0.0858. The summed E-state index contributed by atoms with van der Waals surface area (Å²) in [6, 6.07) is 0. The summed E-state index contributed by atoms with van der Waals surface area (Å²) < 4.78 is 0. The van der Waals surface area contributed by atoms with Crippen LogP contribution in [0.4, 0.5) is 0 Å². The van der Waals surface area contributed by atoms with Crippen molar-refractivity contribution in [2.45, 2.75) is 19.5 Å². The Hall–Kier alpha value is -1.60. The summed E-state index contributed by atoms with van der Waals surface area (Å²) in [6.07, 6.45) is 0. The lowest BCUT2D eigenvalue weighted by Gasteiger charge is -2.14. The van der Waals surface area contributed by atoms with Crippen LogP contribution in [0.2, 0.25) is 0 Å². The maximum absolute atomic E-state index is 11.0. The second-order valence-corrected chi connectivity index (χ2v) is 2.57. The van der Waals surface area contributed by atoms with E-state index in [0.29, 0.717) is 0 Å². The maximum Gasteiger partial charge on any atom is 0.418 e. The Kier molecular flexibility index (Phi) is 3.89. The van der Waals surface area contributed by atoms with Crippen LogP contribution < -0.4 is 0 Å². The third kappa shape index (κ3) is 2.73. The van der Waals surface area contributed by atoms with E-state index in [0.717, 1.165) is 0 Å². The van der Waals surface area contributed by atoms with Crippen molar-refractivity contribution in [3.05, 3.63) is 10.4 Å². The van der Waals surface area contributed by atoms with Crippen molar-refractivity contribution in [1.82, 2.24) is 0 Å². The first-order chi connectivity index (χ1) is 5.96. The van der Waals surface area contributed by atoms with Gasteiger partial charge in [0, 0.05) is 9.72 Å². The van der Waals surface area contributed by atoms with Gasteiger partial charge < -0.3 is 20.1 Å². The van der Waals surface area contributed by atoms with Gasteiger partial charge in [0.05, 0.1) is 13.8 Å². The molecule has 0 radical (unpaired) electrons. The van der Waals surface area contributed by atoms with E-state index < -0.39 is 5.66 Å². The van der Waals surface area contributed by atoms with E-state index in [2.05, 4.69) is 20.2 Å². The summed E-state index contributed by atoms with van der Waals surface area (Å²) >= 11 is 0. The molecule has 0 heterocycles. The molecule has 0 saturated heterocycles. The Morgan fingerprint density at radius 1 is 1.00 bits per heavy atom. The van der Waals surface area contributed by atoms with Crippen molar-refractivity contribution in [3.63, 3.8) is 0 Å². The molecule has 0 aliphatic carbocycles. The standard InChI is InChI=1S/C5H12N4O4/c1-5(2,8(10)6-12-3)9(11)7-13-4/h1-4H3. The Balaban J connectivity index is 4.74. The van der Waals surface area contributed by atoms with Crippen LogP contribution in [0.25, 0.3) is 0 Å². The number of hydrogen-bond acceptors (Lipinski definition) is 6. The predicted molar refractivity (Wildman–Crippen MR) is 40.2 cm³/mol. The van der Waals surface area contributed by atoms with Gasteiger partial charge in [-0.05, 0) is 0 Å². The smallest absolute Gasteiger partial charge is 0.418 e. The fraction of sp³-hybridized carbons (Fsp3) is 1.00. The zero-order valence-corrected chi connectivity index (χ0v) is 7.92. The minimum atomic E-state index is -1.51. The molecule has 0 saturated carbocycles. The number of hydrogen-bond donors (Lipinski definition) is 0. The lowest BCUT2D eigenvalue weighted by molar-refractivity contribution is -0.837. The number of rotatable bonds is 4. The van der Waals surface area contributed by atoms with Crippen molar-refractivity contribution >= 4 is 0 Å². The fourth-order valence-corrected chi connectivity index (χ4v) is 0.421. The van der Waals surface area contributed by atoms with E-state index in [9.17, 15) is 10.4 Å². The lowest BCUT2D eigenvalue weighted by atomic mass is 10.3. The van der Waals surface area contributed by atoms with Gasteiger partial charge in [0.25, 0.3) is 0 Å². The molecule has 0 amide bonds. The molecular weight excluding hydrogens is 180 g/mol. The highest BCUT2D eigenvalue weighted by atomic mass is 16.7. The van der Waals surface area contributed by atoms with E-state index in [1.165, 1.54) is 28.1 Å². The topological polar surface area (TPSA) is 95.3 Å². The lowest BCUT2D eigenvalue weighted by Crippen LogP contribution is -2.40. The zero-order valence-electron chi connectivity index (χ0n) is 7.92. The second kappa shape index (κ2) is 4.43. The van der Waals surface area contributed by atoms with Crippen molar-refractivity contribution < 1.29 is 19.4 Å². The maximum atomic E-state index is 11.0. The van der Waals surface area contributed by atoms with Crippen LogP contribution in [0.1, 0.15) is 13.8 Å². The van der Waals surface area contributed by atoms with Crippen molar-refractivity contribution in [2.75, 3.05) is 14.2 Å². The molecule has 0 aromatic rings. The van der Waals surface area contributed by atoms with Crippen molar-refractivity contribution in [3.8, 4) is 0 Å². The van der Waals surface area contributed by atoms with Gasteiger partial charge in [0.2, 0.25) is 10.6 Å². The molecular formula is C5H12N4O4. The van der Waals surface area contributed by atoms with Crippen molar-refractivity contribution in [2.24, 2.45) is 10.6 Å². The van der Waals surface area contributed by atoms with Gasteiger partial charge in [-0.15, -0.1) is 0 Å². The molecule has 0 aliphatic rings. The quantitative estimate of drug-likeness (QED) is 0.284. The van der Waals surface area contributed by atoms with Crippen LogP contribution in [-0.2, 0) is 9.68 Å². The normalized spacial score (nSPS) is 14.2. The van der Waals surface area contributed by atoms with Gasteiger partial charge in [-0.2, -0.15) is 0 Å². The van der Waals surface area contributed by atoms with Crippen LogP contribution >= 0.6 is 0 Å². The molecule has 0 bridgehead atoms. The summed E-state index contributed by atoms with van der Waals surface area (Å²) in [5.74, 6) is 0. The highest BCUT2D eigenvalue weighted by Crippen LogP contribution is 2.10. The number of nitrogens with zero attached hydrogens (tertiary/aromatic N) is 4. The van der Waals surface area contributed by atoms with Crippen LogP contribution in [0.15, 0.2) is 10.6 Å². The summed E-state index contributed by atoms with van der Waals surface area (Å²) in [4.78, 5) is 8.59. The van der Waals surface area contributed by atoms with Gasteiger partial charge in [0.1, 0.15) is 14.2 Å². The summed E-state index contributed by atoms with van der Waals surface area (Å²) in [6.45, 7) is 2.64. The van der Waals surface area contributed by atoms with Gasteiger partial charge in [0.15, 0.2) is 0 Å². The molecule has 0 rings (SSSR count). The largest absolute Gasteiger partial charge is 0.592 e. The molecule has 0 spiro atoms. The van der Waals surface area contributed by atoms with E-state index in [1.54, 1.807) is 0 Å².